The number of carbonyl (C=O) groups is 3. The Morgan fingerprint density at radius 3 is 2.25 bits per heavy atom. The van der Waals surface area contributed by atoms with Gasteiger partial charge in [-0.15, -0.1) is 0 Å². The van der Waals surface area contributed by atoms with Gasteiger partial charge >= 0.3 is 5.97 Å². The molecular formula is C47H44N6O7. The standard InChI is InChI=1S/C47H44N6O7/c54-27-10-9-12-31-19-20-36-35(30-31)47(45(58)50-36)38(43(56)51-23-25-52(26-24-51)46-48-21-11-22-49-46)40-44(57)60-41(33-15-5-2-6-16-33)39(32-13-3-1-4-14-32)53(40)42(47)34-17-7-8-18-37(34)59-29-28-55/h1-8,11,13-22,30,38-42,54-55H,10,23-29H2,(H,50,58)/t38-,39-,40-,41+,42+,47-/m0/s1. The minimum atomic E-state index is -1.73. The van der Waals surface area contributed by atoms with Gasteiger partial charge in [-0.25, -0.2) is 9.97 Å². The maximum atomic E-state index is 15.8. The van der Waals surface area contributed by atoms with E-state index in [1.165, 1.54) is 0 Å². The molecule has 0 bridgehead atoms. The highest BCUT2D eigenvalue weighted by atomic mass is 16.6. The number of carbonyl (C=O) groups excluding carboxylic acids is 3. The third-order valence-corrected chi connectivity index (χ3v) is 12.0. The minimum Gasteiger partial charge on any atom is -0.491 e. The van der Waals surface area contributed by atoms with Crippen LogP contribution in [0.5, 0.6) is 5.75 Å². The fraction of sp³-hybridized carbons (Fsp3) is 0.298. The van der Waals surface area contributed by atoms with Gasteiger partial charge in [-0.05, 0) is 47.0 Å². The lowest BCUT2D eigenvalue weighted by Crippen LogP contribution is -2.58. The number of cyclic esters (lactones) is 1. The van der Waals surface area contributed by atoms with Crippen molar-refractivity contribution >= 4 is 29.4 Å². The Bertz CT molecular complexity index is 2440. The number of aliphatic hydroxyl groups is 2. The zero-order valence-corrected chi connectivity index (χ0v) is 32.8. The summed E-state index contributed by atoms with van der Waals surface area (Å²) in [6.07, 6.45) is 2.78. The van der Waals surface area contributed by atoms with Crippen LogP contribution < -0.4 is 15.0 Å². The molecule has 3 fully saturated rings. The van der Waals surface area contributed by atoms with Crippen LogP contribution in [-0.2, 0) is 24.5 Å². The van der Waals surface area contributed by atoms with Gasteiger partial charge in [-0.1, -0.05) is 90.7 Å². The number of esters is 1. The van der Waals surface area contributed by atoms with Crippen LogP contribution in [0.4, 0.5) is 11.6 Å². The van der Waals surface area contributed by atoms with E-state index >= 15 is 14.4 Å². The lowest BCUT2D eigenvalue weighted by molar-refractivity contribution is -0.179. The van der Waals surface area contributed by atoms with Crippen molar-refractivity contribution in [3.63, 3.8) is 0 Å². The highest BCUT2D eigenvalue weighted by molar-refractivity contribution is 6.12. The smallest absolute Gasteiger partial charge is 0.324 e. The molecule has 4 aliphatic heterocycles. The molecule has 304 valence electrons. The van der Waals surface area contributed by atoms with Crippen LogP contribution in [0.25, 0.3) is 0 Å². The van der Waals surface area contributed by atoms with Gasteiger partial charge < -0.3 is 34.8 Å². The molecule has 5 heterocycles. The predicted molar refractivity (Wildman–Crippen MR) is 221 cm³/mol. The Balaban J connectivity index is 1.30. The van der Waals surface area contributed by atoms with E-state index in [4.69, 9.17) is 9.47 Å². The molecular weight excluding hydrogens is 761 g/mol. The predicted octanol–water partition coefficient (Wildman–Crippen LogP) is 4.20. The van der Waals surface area contributed by atoms with Crippen molar-refractivity contribution in [2.75, 3.05) is 56.2 Å². The van der Waals surface area contributed by atoms with E-state index in [2.05, 4.69) is 27.1 Å². The zero-order chi connectivity index (χ0) is 41.2. The number of amides is 2. The van der Waals surface area contributed by atoms with Crippen molar-refractivity contribution in [2.24, 2.45) is 5.92 Å². The number of hydrogen-bond acceptors (Lipinski definition) is 11. The normalized spacial score (nSPS) is 24.5. The Labute approximate surface area is 347 Å². The van der Waals surface area contributed by atoms with E-state index in [9.17, 15) is 10.2 Å². The fourth-order valence-corrected chi connectivity index (χ4v) is 9.61. The van der Waals surface area contributed by atoms with Gasteiger partial charge in [-0.2, -0.15) is 0 Å². The maximum Gasteiger partial charge on any atom is 0.324 e. The molecule has 1 spiro atoms. The second-order valence-corrected chi connectivity index (χ2v) is 15.2. The number of aromatic nitrogens is 2. The molecule has 1 aromatic heterocycles. The van der Waals surface area contributed by atoms with Crippen molar-refractivity contribution < 1.29 is 34.1 Å². The number of morpholine rings is 1. The second-order valence-electron chi connectivity index (χ2n) is 15.2. The monoisotopic (exact) mass is 804 g/mol. The lowest BCUT2D eigenvalue weighted by atomic mass is 9.64. The molecule has 0 unspecified atom stereocenters. The molecule has 5 aromatic rings. The fourth-order valence-electron chi connectivity index (χ4n) is 9.61. The first kappa shape index (κ1) is 38.9. The second kappa shape index (κ2) is 16.6. The largest absolute Gasteiger partial charge is 0.491 e. The number of piperazine rings is 1. The third kappa shape index (κ3) is 6.63. The average molecular weight is 805 g/mol. The summed E-state index contributed by atoms with van der Waals surface area (Å²) >= 11 is 0. The van der Waals surface area contributed by atoms with Crippen LogP contribution in [0, 0.1) is 17.8 Å². The summed E-state index contributed by atoms with van der Waals surface area (Å²) in [7, 11) is 0. The number of anilines is 2. The molecule has 13 nitrogen and oxygen atoms in total. The summed E-state index contributed by atoms with van der Waals surface area (Å²) in [5.41, 5.74) is 2.01. The van der Waals surface area contributed by atoms with E-state index in [-0.39, 0.29) is 32.1 Å². The Kier molecular flexibility index (Phi) is 10.7. The molecule has 60 heavy (non-hydrogen) atoms. The molecule has 2 amide bonds. The summed E-state index contributed by atoms with van der Waals surface area (Å²) in [6.45, 7) is 1.06. The van der Waals surface area contributed by atoms with Crippen molar-refractivity contribution in [3.8, 4) is 17.6 Å². The molecule has 0 aliphatic carbocycles. The average Bonchev–Trinajstić information content (AvgIpc) is 3.77. The first-order valence-corrected chi connectivity index (χ1v) is 20.2. The minimum absolute atomic E-state index is 0.0257. The van der Waals surface area contributed by atoms with Crippen molar-refractivity contribution in [1.29, 1.82) is 0 Å². The van der Waals surface area contributed by atoms with Gasteiger partial charge in [0.1, 0.15) is 29.9 Å². The summed E-state index contributed by atoms with van der Waals surface area (Å²) < 4.78 is 12.8. The quantitative estimate of drug-likeness (QED) is 0.145. The molecule has 0 saturated carbocycles. The lowest BCUT2D eigenvalue weighted by Gasteiger charge is -2.46. The zero-order valence-electron chi connectivity index (χ0n) is 32.8. The summed E-state index contributed by atoms with van der Waals surface area (Å²) in [5, 5.41) is 22.6. The Morgan fingerprint density at radius 1 is 0.833 bits per heavy atom. The summed E-state index contributed by atoms with van der Waals surface area (Å²) in [6, 6.07) is 30.8. The SMILES string of the molecule is O=C1O[C@H](c2ccccc2)[C@H](c2ccccc2)N2[C@H]1[C@@H](C(=O)N1CCN(c3ncccn3)CC1)[C@]1(C(=O)Nc3ccc(C#CCCO)cc31)[C@H]2c1ccccc1OCCO. The number of nitrogens with one attached hydrogen (secondary N) is 1. The van der Waals surface area contributed by atoms with E-state index in [0.29, 0.717) is 60.3 Å². The third-order valence-electron chi connectivity index (χ3n) is 12.0. The van der Waals surface area contributed by atoms with E-state index in [1.807, 2.05) is 94.7 Å². The van der Waals surface area contributed by atoms with Gasteiger partial charge in [-0.3, -0.25) is 19.3 Å². The first-order chi connectivity index (χ1) is 29.4. The van der Waals surface area contributed by atoms with Crippen LogP contribution in [0.3, 0.4) is 0 Å². The molecule has 4 aromatic carbocycles. The van der Waals surface area contributed by atoms with Crippen molar-refractivity contribution in [3.05, 3.63) is 149 Å². The van der Waals surface area contributed by atoms with Crippen LogP contribution in [0.1, 0.15) is 52.4 Å². The Hall–Kier alpha value is -6.59. The molecule has 4 aliphatic rings. The summed E-state index contributed by atoms with van der Waals surface area (Å²) in [5.74, 6) is 4.37. The van der Waals surface area contributed by atoms with Gasteiger partial charge in [0.2, 0.25) is 17.8 Å². The first-order valence-electron chi connectivity index (χ1n) is 20.2. The molecule has 3 saturated heterocycles. The number of para-hydroxylation sites is 1. The summed E-state index contributed by atoms with van der Waals surface area (Å²) in [4.78, 5) is 61.2. The van der Waals surface area contributed by atoms with Crippen LogP contribution in [-0.4, -0.2) is 99.8 Å². The van der Waals surface area contributed by atoms with Gasteiger partial charge in [0.05, 0.1) is 31.2 Å². The van der Waals surface area contributed by atoms with Crippen molar-refractivity contribution in [1.82, 2.24) is 19.8 Å². The molecule has 13 heteroatoms. The number of hydrogen-bond donors (Lipinski definition) is 3. The van der Waals surface area contributed by atoms with Crippen LogP contribution in [0.2, 0.25) is 0 Å². The highest BCUT2D eigenvalue weighted by Crippen LogP contribution is 2.66. The van der Waals surface area contributed by atoms with Gasteiger partial charge in [0.25, 0.3) is 0 Å². The topological polar surface area (TPSA) is 158 Å². The van der Waals surface area contributed by atoms with E-state index < -0.39 is 47.4 Å². The van der Waals surface area contributed by atoms with Gasteiger partial charge in [0.15, 0.2) is 0 Å². The number of aliphatic hydroxyl groups excluding tert-OH is 2. The Morgan fingerprint density at radius 2 is 1.53 bits per heavy atom. The number of ether oxygens (including phenoxy) is 2. The van der Waals surface area contributed by atoms with Crippen molar-refractivity contribution in [2.45, 2.75) is 36.1 Å². The number of fused-ring (bicyclic) bond motifs is 3. The van der Waals surface area contributed by atoms with Crippen LogP contribution >= 0.6 is 0 Å². The van der Waals surface area contributed by atoms with E-state index in [1.54, 1.807) is 41.6 Å². The number of benzene rings is 4. The number of rotatable bonds is 9. The number of nitrogens with zero attached hydrogens (tertiary/aromatic N) is 5. The highest BCUT2D eigenvalue weighted by Gasteiger charge is 2.74. The molecule has 9 rings (SSSR count). The van der Waals surface area contributed by atoms with Crippen LogP contribution in [0.15, 0.2) is 122 Å². The van der Waals surface area contributed by atoms with Gasteiger partial charge in [0, 0.05) is 61.8 Å². The molecule has 0 radical (unpaired) electrons. The van der Waals surface area contributed by atoms with E-state index in [0.717, 1.165) is 11.1 Å². The maximum absolute atomic E-state index is 15.8. The molecule has 6 atom stereocenters. The molecule has 3 N–H and O–H groups in total.